The molecular formula is C16H26O4. The number of fused-ring (bicyclic) bond motifs is 2. The molecule has 2 unspecified atom stereocenters. The second-order valence-corrected chi connectivity index (χ2v) is 7.06. The highest BCUT2D eigenvalue weighted by Crippen LogP contribution is 2.47. The van der Waals surface area contributed by atoms with Crippen molar-refractivity contribution in [2.24, 2.45) is 17.3 Å². The van der Waals surface area contributed by atoms with Crippen molar-refractivity contribution >= 4 is 12.4 Å². The molecule has 2 saturated carbocycles. The van der Waals surface area contributed by atoms with E-state index in [0.29, 0.717) is 37.6 Å². The standard InChI is InChI=1S/C16H26O4/c1-4-15(2,3)14(18)20-16(19-11-17)9-12-6-5-7-13(8-12)10-16/h11-13H,4-10H2,1-3H3. The Morgan fingerprint density at radius 3 is 2.40 bits per heavy atom. The summed E-state index contributed by atoms with van der Waals surface area (Å²) in [5, 5.41) is 0. The Labute approximate surface area is 121 Å². The van der Waals surface area contributed by atoms with E-state index in [-0.39, 0.29) is 5.97 Å². The molecule has 114 valence electrons. The zero-order chi connectivity index (χ0) is 14.8. The second-order valence-electron chi connectivity index (χ2n) is 7.06. The van der Waals surface area contributed by atoms with Crippen LogP contribution in [0.5, 0.6) is 0 Å². The SMILES string of the molecule is CCC(C)(C)C(=O)OC1(OC=O)CC2CCCC(C2)C1. The average molecular weight is 282 g/mol. The maximum absolute atomic E-state index is 12.3. The Bertz CT molecular complexity index is 363. The van der Waals surface area contributed by atoms with Gasteiger partial charge in [0.15, 0.2) is 0 Å². The van der Waals surface area contributed by atoms with Crippen LogP contribution < -0.4 is 0 Å². The predicted molar refractivity (Wildman–Crippen MR) is 74.7 cm³/mol. The molecule has 0 spiro atoms. The van der Waals surface area contributed by atoms with Crippen LogP contribution in [0.3, 0.4) is 0 Å². The fourth-order valence-electron chi connectivity index (χ4n) is 3.48. The van der Waals surface area contributed by atoms with E-state index < -0.39 is 11.2 Å². The molecule has 0 aliphatic heterocycles. The van der Waals surface area contributed by atoms with Gasteiger partial charge in [-0.05, 0) is 38.5 Å². The number of carbonyl (C=O) groups is 2. The highest BCUT2D eigenvalue weighted by atomic mass is 16.7. The van der Waals surface area contributed by atoms with Crippen LogP contribution in [-0.4, -0.2) is 18.2 Å². The number of hydrogen-bond donors (Lipinski definition) is 0. The Kier molecular flexibility index (Phi) is 4.40. The summed E-state index contributed by atoms with van der Waals surface area (Å²) in [6, 6.07) is 0. The summed E-state index contributed by atoms with van der Waals surface area (Å²) in [5.74, 6) is -0.249. The molecule has 0 N–H and O–H groups in total. The van der Waals surface area contributed by atoms with Gasteiger partial charge in [-0.2, -0.15) is 0 Å². The summed E-state index contributed by atoms with van der Waals surface area (Å²) >= 11 is 0. The third-order valence-corrected chi connectivity index (χ3v) is 5.07. The van der Waals surface area contributed by atoms with Crippen LogP contribution in [0.25, 0.3) is 0 Å². The van der Waals surface area contributed by atoms with Gasteiger partial charge in [-0.3, -0.25) is 9.59 Å². The van der Waals surface area contributed by atoms with E-state index in [1.807, 2.05) is 20.8 Å². The predicted octanol–water partition coefficient (Wildman–Crippen LogP) is 3.44. The van der Waals surface area contributed by atoms with E-state index >= 15 is 0 Å². The molecule has 2 atom stereocenters. The first kappa shape index (κ1) is 15.3. The van der Waals surface area contributed by atoms with Crippen molar-refractivity contribution in [3.8, 4) is 0 Å². The first-order chi connectivity index (χ1) is 9.41. The van der Waals surface area contributed by atoms with Crippen LogP contribution in [0.1, 0.15) is 65.7 Å². The molecule has 0 heterocycles. The molecule has 0 aromatic rings. The van der Waals surface area contributed by atoms with Crippen LogP contribution in [0.4, 0.5) is 0 Å². The molecule has 0 radical (unpaired) electrons. The van der Waals surface area contributed by atoms with Crippen molar-refractivity contribution in [2.45, 2.75) is 71.5 Å². The van der Waals surface area contributed by atoms with Crippen LogP contribution in [0.2, 0.25) is 0 Å². The fourth-order valence-corrected chi connectivity index (χ4v) is 3.48. The minimum atomic E-state index is -1.01. The zero-order valence-electron chi connectivity index (χ0n) is 12.8. The molecule has 4 nitrogen and oxygen atoms in total. The molecule has 20 heavy (non-hydrogen) atoms. The van der Waals surface area contributed by atoms with Crippen LogP contribution in [0, 0.1) is 17.3 Å². The van der Waals surface area contributed by atoms with E-state index in [2.05, 4.69) is 0 Å². The van der Waals surface area contributed by atoms with Gasteiger partial charge in [0.1, 0.15) is 0 Å². The summed E-state index contributed by atoms with van der Waals surface area (Å²) in [5.41, 5.74) is -0.536. The molecule has 0 aromatic carbocycles. The van der Waals surface area contributed by atoms with E-state index in [1.54, 1.807) is 0 Å². The summed E-state index contributed by atoms with van der Waals surface area (Å²) < 4.78 is 11.0. The fraction of sp³-hybridized carbons (Fsp3) is 0.875. The maximum atomic E-state index is 12.3. The van der Waals surface area contributed by atoms with Crippen LogP contribution in [-0.2, 0) is 19.1 Å². The van der Waals surface area contributed by atoms with Crippen molar-refractivity contribution in [1.29, 1.82) is 0 Å². The Morgan fingerprint density at radius 1 is 1.30 bits per heavy atom. The van der Waals surface area contributed by atoms with Gasteiger partial charge in [-0.25, -0.2) is 0 Å². The zero-order valence-corrected chi connectivity index (χ0v) is 12.8. The van der Waals surface area contributed by atoms with Crippen molar-refractivity contribution in [2.75, 3.05) is 0 Å². The van der Waals surface area contributed by atoms with Crippen LogP contribution >= 0.6 is 0 Å². The van der Waals surface area contributed by atoms with Crippen LogP contribution in [0.15, 0.2) is 0 Å². The highest BCUT2D eigenvalue weighted by Gasteiger charge is 2.48. The van der Waals surface area contributed by atoms with Crippen molar-refractivity contribution in [3.05, 3.63) is 0 Å². The maximum Gasteiger partial charge on any atom is 0.314 e. The summed E-state index contributed by atoms with van der Waals surface area (Å²) in [6.45, 7) is 6.14. The van der Waals surface area contributed by atoms with Gasteiger partial charge in [-0.15, -0.1) is 0 Å². The van der Waals surface area contributed by atoms with Gasteiger partial charge in [-0.1, -0.05) is 26.2 Å². The summed E-state index contributed by atoms with van der Waals surface area (Å²) in [7, 11) is 0. The minimum absolute atomic E-state index is 0.262. The molecular weight excluding hydrogens is 256 g/mol. The normalized spacial score (nSPS) is 33.4. The first-order valence-electron chi connectivity index (χ1n) is 7.76. The molecule has 2 fully saturated rings. The van der Waals surface area contributed by atoms with Crippen molar-refractivity contribution in [1.82, 2.24) is 0 Å². The van der Waals surface area contributed by atoms with Gasteiger partial charge in [0.05, 0.1) is 5.41 Å². The third-order valence-electron chi connectivity index (χ3n) is 5.07. The number of ether oxygens (including phenoxy) is 2. The van der Waals surface area contributed by atoms with Gasteiger partial charge in [0, 0.05) is 12.8 Å². The molecule has 2 aliphatic rings. The lowest BCUT2D eigenvalue weighted by Gasteiger charge is -2.45. The van der Waals surface area contributed by atoms with Gasteiger partial charge in [0.2, 0.25) is 0 Å². The Hall–Kier alpha value is -1.06. The topological polar surface area (TPSA) is 52.6 Å². The Balaban J connectivity index is 2.13. The Morgan fingerprint density at radius 2 is 1.90 bits per heavy atom. The van der Waals surface area contributed by atoms with E-state index in [0.717, 1.165) is 12.8 Å². The molecule has 0 saturated heterocycles. The first-order valence-corrected chi connectivity index (χ1v) is 7.76. The summed E-state index contributed by atoms with van der Waals surface area (Å²) in [6.07, 6.45) is 6.74. The quantitative estimate of drug-likeness (QED) is 0.440. The lowest BCUT2D eigenvalue weighted by Crippen LogP contribution is -2.48. The van der Waals surface area contributed by atoms with Gasteiger partial charge < -0.3 is 9.47 Å². The molecule has 0 amide bonds. The second kappa shape index (κ2) is 5.74. The van der Waals surface area contributed by atoms with Crippen molar-refractivity contribution < 1.29 is 19.1 Å². The number of carbonyl (C=O) groups excluding carboxylic acids is 2. The monoisotopic (exact) mass is 282 g/mol. The average Bonchev–Trinajstić information content (AvgIpc) is 2.38. The third kappa shape index (κ3) is 3.15. The molecule has 2 aliphatic carbocycles. The van der Waals surface area contributed by atoms with Gasteiger partial charge >= 0.3 is 5.97 Å². The molecule has 4 heteroatoms. The van der Waals surface area contributed by atoms with E-state index in [1.165, 1.54) is 12.8 Å². The van der Waals surface area contributed by atoms with Gasteiger partial charge in [0.25, 0.3) is 12.3 Å². The minimum Gasteiger partial charge on any atom is -0.425 e. The molecule has 2 rings (SSSR count). The highest BCUT2D eigenvalue weighted by molar-refractivity contribution is 5.76. The largest absolute Gasteiger partial charge is 0.425 e. The number of esters is 1. The van der Waals surface area contributed by atoms with E-state index in [9.17, 15) is 9.59 Å². The van der Waals surface area contributed by atoms with E-state index in [4.69, 9.17) is 9.47 Å². The molecule has 0 aromatic heterocycles. The smallest absolute Gasteiger partial charge is 0.314 e. The number of rotatable bonds is 5. The lowest BCUT2D eigenvalue weighted by atomic mass is 9.69. The summed E-state index contributed by atoms with van der Waals surface area (Å²) in [4.78, 5) is 23.2. The van der Waals surface area contributed by atoms with Crippen molar-refractivity contribution in [3.63, 3.8) is 0 Å². The molecule has 2 bridgehead atoms. The number of hydrogen-bond acceptors (Lipinski definition) is 4. The lowest BCUT2D eigenvalue weighted by molar-refractivity contribution is -0.249.